The second-order valence-electron chi connectivity index (χ2n) is 4.81. The largest absolute Gasteiger partial charge is 0.311 e. The predicted molar refractivity (Wildman–Crippen MR) is 87.8 cm³/mol. The molecule has 5 nitrogen and oxygen atoms in total. The lowest BCUT2D eigenvalue weighted by atomic mass is 9.97. The molecule has 22 heavy (non-hydrogen) atoms. The molecule has 0 spiro atoms. The number of carbonyl (C=O) groups excluding carboxylic acids is 2. The summed E-state index contributed by atoms with van der Waals surface area (Å²) in [5, 5.41) is 3.04. The van der Waals surface area contributed by atoms with E-state index in [2.05, 4.69) is 5.32 Å². The highest BCUT2D eigenvalue weighted by molar-refractivity contribution is 5.86. The number of carbonyl (C=O) groups is 2. The van der Waals surface area contributed by atoms with Crippen LogP contribution in [0.15, 0.2) is 35.1 Å². The van der Waals surface area contributed by atoms with Crippen LogP contribution in [-0.2, 0) is 16.6 Å². The van der Waals surface area contributed by atoms with E-state index in [9.17, 15) is 14.4 Å². The summed E-state index contributed by atoms with van der Waals surface area (Å²) in [7, 11) is 1.71. The molecule has 5 heteroatoms. The number of nitrogens with zero attached hydrogens (tertiary/aromatic N) is 1. The number of fused-ring (bicyclic) bond motifs is 1. The number of pyridine rings is 1. The Morgan fingerprint density at radius 2 is 1.95 bits per heavy atom. The molecule has 2 amide bonds. The summed E-state index contributed by atoms with van der Waals surface area (Å²) >= 11 is 0. The van der Waals surface area contributed by atoms with Crippen LogP contribution in [0.25, 0.3) is 10.9 Å². The molecule has 2 aromatic rings. The zero-order chi connectivity index (χ0) is 16.7. The quantitative estimate of drug-likeness (QED) is 0.881. The first-order valence-electron chi connectivity index (χ1n) is 7.36. The molecule has 1 atom stereocenters. The summed E-state index contributed by atoms with van der Waals surface area (Å²) in [5.74, 6) is -0.638. The van der Waals surface area contributed by atoms with Gasteiger partial charge in [-0.1, -0.05) is 39.0 Å². The van der Waals surface area contributed by atoms with Crippen LogP contribution >= 0.6 is 0 Å². The number of hydrogen-bond donors (Lipinski definition) is 1. The van der Waals surface area contributed by atoms with Gasteiger partial charge < -0.3 is 4.57 Å². The molecule has 2 rings (SSSR count). The Balaban J connectivity index is 0.00000116. The Labute approximate surface area is 130 Å². The van der Waals surface area contributed by atoms with E-state index < -0.39 is 0 Å². The van der Waals surface area contributed by atoms with E-state index in [-0.39, 0.29) is 23.8 Å². The third-order valence-corrected chi connectivity index (χ3v) is 3.40. The normalized spacial score (nSPS) is 11.3. The third-order valence-electron chi connectivity index (χ3n) is 3.40. The van der Waals surface area contributed by atoms with Gasteiger partial charge in [-0.25, -0.2) is 0 Å². The summed E-state index contributed by atoms with van der Waals surface area (Å²) in [5.41, 5.74) is 1.31. The highest BCUT2D eigenvalue weighted by atomic mass is 16.2. The van der Waals surface area contributed by atoms with Crippen LogP contribution < -0.4 is 10.9 Å². The van der Waals surface area contributed by atoms with Crippen molar-refractivity contribution in [2.24, 2.45) is 7.05 Å². The van der Waals surface area contributed by atoms with Crippen molar-refractivity contribution in [2.45, 2.75) is 33.1 Å². The van der Waals surface area contributed by atoms with Crippen LogP contribution in [0.3, 0.4) is 0 Å². The van der Waals surface area contributed by atoms with Crippen LogP contribution in [0.5, 0.6) is 0 Å². The predicted octanol–water partition coefficient (Wildman–Crippen LogP) is 2.33. The zero-order valence-corrected chi connectivity index (χ0v) is 13.4. The molecular formula is C17H22N2O3. The Kier molecular flexibility index (Phi) is 6.50. The number of rotatable bonds is 4. The average molecular weight is 302 g/mol. The molecule has 0 saturated heterocycles. The lowest BCUT2D eigenvalue weighted by Gasteiger charge is -2.13. The van der Waals surface area contributed by atoms with Crippen molar-refractivity contribution < 1.29 is 9.59 Å². The molecule has 0 radical (unpaired) electrons. The lowest BCUT2D eigenvalue weighted by Crippen LogP contribution is -2.27. The molecule has 0 aliphatic carbocycles. The average Bonchev–Trinajstić information content (AvgIpc) is 2.53. The fourth-order valence-electron chi connectivity index (χ4n) is 2.31. The molecule has 1 unspecified atom stereocenters. The summed E-state index contributed by atoms with van der Waals surface area (Å²) in [6.07, 6.45) is 0.458. The van der Waals surface area contributed by atoms with Crippen molar-refractivity contribution in [3.05, 3.63) is 46.2 Å². The van der Waals surface area contributed by atoms with Gasteiger partial charge in [0.1, 0.15) is 0 Å². The molecule has 1 N–H and O–H groups in total. The van der Waals surface area contributed by atoms with E-state index >= 15 is 0 Å². The van der Waals surface area contributed by atoms with Gasteiger partial charge in [0.2, 0.25) is 12.3 Å². The van der Waals surface area contributed by atoms with Crippen molar-refractivity contribution in [1.82, 2.24) is 9.88 Å². The summed E-state index contributed by atoms with van der Waals surface area (Å²) < 4.78 is 1.58. The standard InChI is InChI=1S/C15H16N2O3.C2H6/c1-10(7-14(19)16-9-18)12-8-11-5-3-4-6-13(11)17(2)15(12)20;1-2/h3-6,8-10H,7H2,1-2H3,(H,16,18,19);1-2H3. The van der Waals surface area contributed by atoms with Crippen LogP contribution in [0.1, 0.15) is 38.7 Å². The van der Waals surface area contributed by atoms with Gasteiger partial charge in [0.25, 0.3) is 5.56 Å². The van der Waals surface area contributed by atoms with Gasteiger partial charge >= 0.3 is 0 Å². The van der Waals surface area contributed by atoms with Crippen LogP contribution in [-0.4, -0.2) is 16.9 Å². The molecule has 0 aliphatic heterocycles. The Morgan fingerprint density at radius 1 is 1.32 bits per heavy atom. The van der Waals surface area contributed by atoms with E-state index in [0.717, 1.165) is 10.9 Å². The van der Waals surface area contributed by atoms with Crippen molar-refractivity contribution in [1.29, 1.82) is 0 Å². The Hall–Kier alpha value is -2.43. The fraction of sp³-hybridized carbons (Fsp3) is 0.353. The zero-order valence-electron chi connectivity index (χ0n) is 13.4. The topological polar surface area (TPSA) is 68.2 Å². The molecule has 1 aromatic heterocycles. The first kappa shape index (κ1) is 17.6. The van der Waals surface area contributed by atoms with Gasteiger partial charge in [-0.15, -0.1) is 0 Å². The fourth-order valence-corrected chi connectivity index (χ4v) is 2.31. The number of aromatic nitrogens is 1. The molecule has 1 heterocycles. The van der Waals surface area contributed by atoms with E-state index in [4.69, 9.17) is 0 Å². The minimum absolute atomic E-state index is 0.103. The monoisotopic (exact) mass is 302 g/mol. The van der Waals surface area contributed by atoms with Gasteiger partial charge in [0, 0.05) is 19.0 Å². The summed E-state index contributed by atoms with van der Waals surface area (Å²) in [6.45, 7) is 5.80. The van der Waals surface area contributed by atoms with Gasteiger partial charge in [0.05, 0.1) is 5.52 Å². The van der Waals surface area contributed by atoms with Crippen LogP contribution in [0, 0.1) is 0 Å². The van der Waals surface area contributed by atoms with Crippen LogP contribution in [0.2, 0.25) is 0 Å². The van der Waals surface area contributed by atoms with Crippen molar-refractivity contribution in [3.8, 4) is 0 Å². The SMILES string of the molecule is CC.CC(CC(=O)NC=O)c1cc2ccccc2n(C)c1=O. The molecular weight excluding hydrogens is 280 g/mol. The van der Waals surface area contributed by atoms with Gasteiger partial charge in [-0.3, -0.25) is 19.7 Å². The maximum absolute atomic E-state index is 12.3. The number of aryl methyl sites for hydroxylation is 1. The smallest absolute Gasteiger partial charge is 0.254 e. The Bertz CT molecular complexity index is 719. The van der Waals surface area contributed by atoms with Crippen molar-refractivity contribution in [3.63, 3.8) is 0 Å². The number of amides is 2. The molecule has 0 fully saturated rings. The lowest BCUT2D eigenvalue weighted by molar-refractivity contribution is -0.125. The number of para-hydroxylation sites is 1. The minimum Gasteiger partial charge on any atom is -0.311 e. The number of nitrogens with one attached hydrogen (secondary N) is 1. The summed E-state index contributed by atoms with van der Waals surface area (Å²) in [6, 6.07) is 9.40. The van der Waals surface area contributed by atoms with E-state index in [0.29, 0.717) is 12.0 Å². The molecule has 0 bridgehead atoms. The maximum atomic E-state index is 12.3. The van der Waals surface area contributed by atoms with Gasteiger partial charge in [-0.05, 0) is 23.4 Å². The molecule has 0 saturated carbocycles. The molecule has 118 valence electrons. The van der Waals surface area contributed by atoms with E-state index in [1.165, 1.54) is 0 Å². The first-order valence-corrected chi connectivity index (χ1v) is 7.36. The molecule has 1 aromatic carbocycles. The highest BCUT2D eigenvalue weighted by Crippen LogP contribution is 2.20. The maximum Gasteiger partial charge on any atom is 0.254 e. The number of benzene rings is 1. The van der Waals surface area contributed by atoms with Crippen molar-refractivity contribution >= 4 is 23.2 Å². The van der Waals surface area contributed by atoms with E-state index in [1.54, 1.807) is 18.5 Å². The summed E-state index contributed by atoms with van der Waals surface area (Å²) in [4.78, 5) is 34.0. The minimum atomic E-state index is -0.386. The van der Waals surface area contributed by atoms with Gasteiger partial charge in [-0.2, -0.15) is 0 Å². The first-order chi connectivity index (χ1) is 10.5. The Morgan fingerprint density at radius 3 is 2.59 bits per heavy atom. The van der Waals surface area contributed by atoms with Crippen LogP contribution in [0.4, 0.5) is 0 Å². The molecule has 0 aliphatic rings. The third kappa shape index (κ3) is 3.81. The number of imide groups is 1. The second kappa shape index (κ2) is 8.12. The number of hydrogen-bond acceptors (Lipinski definition) is 3. The van der Waals surface area contributed by atoms with Gasteiger partial charge in [0.15, 0.2) is 0 Å². The van der Waals surface area contributed by atoms with Crippen molar-refractivity contribution in [2.75, 3.05) is 0 Å². The highest BCUT2D eigenvalue weighted by Gasteiger charge is 2.16. The van der Waals surface area contributed by atoms with E-state index in [1.807, 2.05) is 44.2 Å². The second-order valence-corrected chi connectivity index (χ2v) is 4.81.